The van der Waals surface area contributed by atoms with Crippen molar-refractivity contribution in [3.63, 3.8) is 0 Å². The van der Waals surface area contributed by atoms with E-state index in [0.29, 0.717) is 6.61 Å². The van der Waals surface area contributed by atoms with Crippen LogP contribution >= 0.6 is 0 Å². The van der Waals surface area contributed by atoms with Crippen molar-refractivity contribution in [2.45, 2.75) is 19.8 Å². The summed E-state index contributed by atoms with van der Waals surface area (Å²) in [5.41, 5.74) is 0. The summed E-state index contributed by atoms with van der Waals surface area (Å²) in [4.78, 5) is 11.5. The van der Waals surface area contributed by atoms with E-state index in [2.05, 4.69) is 5.01 Å². The molecule has 1 heterocycles. The molecular formula is C10H20N2O2. The van der Waals surface area contributed by atoms with Crippen LogP contribution < -0.4 is 0 Å². The monoisotopic (exact) mass is 200 g/mol. The molecule has 0 aromatic carbocycles. The second-order valence-corrected chi connectivity index (χ2v) is 3.85. The summed E-state index contributed by atoms with van der Waals surface area (Å²) in [5, 5.41) is 4.23. The van der Waals surface area contributed by atoms with Crippen LogP contribution in [-0.4, -0.2) is 49.8 Å². The zero-order valence-corrected chi connectivity index (χ0v) is 9.32. The average Bonchev–Trinajstić information content (AvgIpc) is 2.18. The maximum Gasteiger partial charge on any atom is 0.310 e. The van der Waals surface area contributed by atoms with E-state index in [1.54, 1.807) is 0 Å². The van der Waals surface area contributed by atoms with E-state index in [-0.39, 0.29) is 11.9 Å². The standard InChI is InChI=1S/C10H20N2O2/c1-4-14-10(13)9-6-5-7-12(8-9)11(2)3/h9H,4-8H2,1-3H3. The molecule has 1 aliphatic rings. The maximum absolute atomic E-state index is 11.5. The number of esters is 1. The minimum atomic E-state index is -0.0425. The van der Waals surface area contributed by atoms with Gasteiger partial charge in [-0.05, 0) is 19.8 Å². The fourth-order valence-corrected chi connectivity index (χ4v) is 1.77. The number of piperidine rings is 1. The number of ether oxygens (including phenoxy) is 1. The Morgan fingerprint density at radius 3 is 2.86 bits per heavy atom. The van der Waals surface area contributed by atoms with Crippen LogP contribution in [0.3, 0.4) is 0 Å². The van der Waals surface area contributed by atoms with Gasteiger partial charge in [0.1, 0.15) is 0 Å². The molecule has 0 amide bonds. The fraction of sp³-hybridized carbons (Fsp3) is 0.900. The van der Waals surface area contributed by atoms with Crippen LogP contribution in [0, 0.1) is 5.92 Å². The normalized spacial score (nSPS) is 23.9. The summed E-state index contributed by atoms with van der Waals surface area (Å²) in [6.07, 6.45) is 2.03. The van der Waals surface area contributed by atoms with Crippen LogP contribution in [-0.2, 0) is 9.53 Å². The van der Waals surface area contributed by atoms with E-state index in [4.69, 9.17) is 4.74 Å². The molecule has 1 atom stereocenters. The maximum atomic E-state index is 11.5. The molecule has 0 spiro atoms. The largest absolute Gasteiger partial charge is 0.466 e. The fourth-order valence-electron chi connectivity index (χ4n) is 1.77. The van der Waals surface area contributed by atoms with Gasteiger partial charge in [-0.25, -0.2) is 10.0 Å². The molecule has 0 aromatic rings. The van der Waals surface area contributed by atoms with Gasteiger partial charge in [-0.3, -0.25) is 4.79 Å². The van der Waals surface area contributed by atoms with Crippen molar-refractivity contribution < 1.29 is 9.53 Å². The van der Waals surface area contributed by atoms with E-state index in [0.717, 1.165) is 25.9 Å². The first-order chi connectivity index (χ1) is 6.65. The lowest BCUT2D eigenvalue weighted by atomic mass is 9.99. The number of rotatable bonds is 3. The zero-order chi connectivity index (χ0) is 10.6. The van der Waals surface area contributed by atoms with Gasteiger partial charge in [0, 0.05) is 27.2 Å². The number of carbonyl (C=O) groups excluding carboxylic acids is 1. The lowest BCUT2D eigenvalue weighted by Gasteiger charge is -2.35. The molecule has 0 saturated carbocycles. The number of carbonyl (C=O) groups is 1. The van der Waals surface area contributed by atoms with Crippen molar-refractivity contribution in [2.24, 2.45) is 5.92 Å². The smallest absolute Gasteiger partial charge is 0.310 e. The zero-order valence-electron chi connectivity index (χ0n) is 9.32. The number of nitrogens with zero attached hydrogens (tertiary/aromatic N) is 2. The van der Waals surface area contributed by atoms with Gasteiger partial charge in [-0.2, -0.15) is 0 Å². The Bertz CT molecular complexity index is 195. The van der Waals surface area contributed by atoms with E-state index in [1.165, 1.54) is 0 Å². The van der Waals surface area contributed by atoms with Gasteiger partial charge in [0.15, 0.2) is 0 Å². The van der Waals surface area contributed by atoms with Gasteiger partial charge >= 0.3 is 5.97 Å². The van der Waals surface area contributed by atoms with Gasteiger partial charge < -0.3 is 4.74 Å². The summed E-state index contributed by atoms with van der Waals surface area (Å²) in [6, 6.07) is 0. The van der Waals surface area contributed by atoms with Crippen molar-refractivity contribution in [1.29, 1.82) is 0 Å². The third kappa shape index (κ3) is 2.96. The van der Waals surface area contributed by atoms with Crippen molar-refractivity contribution in [2.75, 3.05) is 33.8 Å². The van der Waals surface area contributed by atoms with Crippen LogP contribution in [0.1, 0.15) is 19.8 Å². The Morgan fingerprint density at radius 1 is 1.57 bits per heavy atom. The van der Waals surface area contributed by atoms with Crippen LogP contribution in [0.4, 0.5) is 0 Å². The quantitative estimate of drug-likeness (QED) is 0.629. The summed E-state index contributed by atoms with van der Waals surface area (Å²) < 4.78 is 5.03. The highest BCUT2D eigenvalue weighted by Gasteiger charge is 2.27. The van der Waals surface area contributed by atoms with Gasteiger partial charge in [0.05, 0.1) is 12.5 Å². The second kappa shape index (κ2) is 5.32. The SMILES string of the molecule is CCOC(=O)C1CCCN(N(C)C)C1. The molecule has 82 valence electrons. The molecule has 0 bridgehead atoms. The first-order valence-electron chi connectivity index (χ1n) is 5.24. The van der Waals surface area contributed by atoms with Crippen molar-refractivity contribution in [3.8, 4) is 0 Å². The Balaban J connectivity index is 2.43. The van der Waals surface area contributed by atoms with E-state index in [9.17, 15) is 4.79 Å². The van der Waals surface area contributed by atoms with Crippen LogP contribution in [0.25, 0.3) is 0 Å². The molecule has 4 heteroatoms. The minimum absolute atomic E-state index is 0.0425. The van der Waals surface area contributed by atoms with Crippen molar-refractivity contribution in [3.05, 3.63) is 0 Å². The lowest BCUT2D eigenvalue weighted by molar-refractivity contribution is -0.152. The number of hydrogen-bond donors (Lipinski definition) is 0. The third-order valence-corrected chi connectivity index (χ3v) is 2.59. The predicted molar refractivity (Wildman–Crippen MR) is 54.6 cm³/mol. The van der Waals surface area contributed by atoms with Gasteiger partial charge in [0.2, 0.25) is 0 Å². The molecule has 0 aliphatic carbocycles. The molecule has 0 aromatic heterocycles. The average molecular weight is 200 g/mol. The molecule has 14 heavy (non-hydrogen) atoms. The summed E-state index contributed by atoms with van der Waals surface area (Å²) >= 11 is 0. The first-order valence-corrected chi connectivity index (χ1v) is 5.24. The Kier molecular flexibility index (Phi) is 4.35. The minimum Gasteiger partial charge on any atom is -0.466 e. The van der Waals surface area contributed by atoms with Crippen molar-refractivity contribution >= 4 is 5.97 Å². The van der Waals surface area contributed by atoms with E-state index < -0.39 is 0 Å². The number of hydrogen-bond acceptors (Lipinski definition) is 4. The molecule has 1 aliphatic heterocycles. The Morgan fingerprint density at radius 2 is 2.29 bits per heavy atom. The molecule has 1 saturated heterocycles. The molecule has 1 rings (SSSR count). The third-order valence-electron chi connectivity index (χ3n) is 2.59. The highest BCUT2D eigenvalue weighted by atomic mass is 16.5. The van der Waals surface area contributed by atoms with Gasteiger partial charge in [-0.15, -0.1) is 0 Å². The van der Waals surface area contributed by atoms with Gasteiger partial charge in [0.25, 0.3) is 0 Å². The molecule has 4 nitrogen and oxygen atoms in total. The Hall–Kier alpha value is -0.610. The first kappa shape index (κ1) is 11.5. The van der Waals surface area contributed by atoms with Crippen LogP contribution in [0.5, 0.6) is 0 Å². The highest BCUT2D eigenvalue weighted by molar-refractivity contribution is 5.72. The molecule has 0 N–H and O–H groups in total. The van der Waals surface area contributed by atoms with E-state index in [1.807, 2.05) is 26.0 Å². The summed E-state index contributed by atoms with van der Waals surface area (Å²) in [5.74, 6) is 0.0187. The van der Waals surface area contributed by atoms with E-state index >= 15 is 0 Å². The lowest BCUT2D eigenvalue weighted by Crippen LogP contribution is -2.46. The Labute approximate surface area is 85.8 Å². The van der Waals surface area contributed by atoms with Crippen LogP contribution in [0.2, 0.25) is 0 Å². The summed E-state index contributed by atoms with van der Waals surface area (Å²) in [6.45, 7) is 4.18. The van der Waals surface area contributed by atoms with Gasteiger partial charge in [-0.1, -0.05) is 0 Å². The molecule has 1 fully saturated rings. The molecule has 1 unspecified atom stereocenters. The second-order valence-electron chi connectivity index (χ2n) is 3.85. The molecule has 0 radical (unpaired) electrons. The van der Waals surface area contributed by atoms with Crippen LogP contribution in [0.15, 0.2) is 0 Å². The topological polar surface area (TPSA) is 32.8 Å². The highest BCUT2D eigenvalue weighted by Crippen LogP contribution is 2.18. The number of hydrazine groups is 1. The molecular weight excluding hydrogens is 180 g/mol. The summed E-state index contributed by atoms with van der Waals surface area (Å²) in [7, 11) is 4.01. The van der Waals surface area contributed by atoms with Crippen molar-refractivity contribution in [1.82, 2.24) is 10.0 Å². The predicted octanol–water partition coefficient (Wildman–Crippen LogP) is 0.738.